The van der Waals surface area contributed by atoms with Gasteiger partial charge in [0.1, 0.15) is 5.82 Å². The van der Waals surface area contributed by atoms with Crippen LogP contribution in [0.4, 0.5) is 13.2 Å². The minimum absolute atomic E-state index is 0.0746. The van der Waals surface area contributed by atoms with Gasteiger partial charge in [-0.2, -0.15) is 13.2 Å². The van der Waals surface area contributed by atoms with Crippen molar-refractivity contribution in [2.75, 3.05) is 6.54 Å². The van der Waals surface area contributed by atoms with E-state index >= 15 is 0 Å². The molecule has 0 unspecified atom stereocenters. The maximum atomic E-state index is 12.9. The minimum Gasteiger partial charge on any atom is -0.335 e. The largest absolute Gasteiger partial charge is 0.416 e. The Bertz CT molecular complexity index is 765. The fourth-order valence-electron chi connectivity index (χ4n) is 2.94. The standard InChI is InChI=1S/C19H22F3N3O/c1-2-18(26)25(11-14-6-7-14)13-17-23-8-9-24(17)12-15-4-3-5-16(10-15)19(20,21)22/h3-5,8-10,14H,2,6-7,11-13H2,1H3. The highest BCUT2D eigenvalue weighted by molar-refractivity contribution is 5.75. The van der Waals surface area contributed by atoms with Crippen LogP contribution >= 0.6 is 0 Å². The van der Waals surface area contributed by atoms with Crippen LogP contribution in [0.25, 0.3) is 0 Å². The van der Waals surface area contributed by atoms with Gasteiger partial charge in [-0.1, -0.05) is 19.1 Å². The van der Waals surface area contributed by atoms with Crippen molar-refractivity contribution in [2.24, 2.45) is 5.92 Å². The summed E-state index contributed by atoms with van der Waals surface area (Å²) in [5.41, 5.74) is -0.108. The first-order valence-corrected chi connectivity index (χ1v) is 8.80. The van der Waals surface area contributed by atoms with Gasteiger partial charge in [0.25, 0.3) is 0 Å². The molecule has 0 atom stereocenters. The molecule has 0 spiro atoms. The Balaban J connectivity index is 1.74. The van der Waals surface area contributed by atoms with Crippen molar-refractivity contribution in [3.8, 4) is 0 Å². The summed E-state index contributed by atoms with van der Waals surface area (Å²) < 4.78 is 40.5. The number of carbonyl (C=O) groups excluding carboxylic acids is 1. The molecule has 0 aliphatic heterocycles. The maximum absolute atomic E-state index is 12.9. The van der Waals surface area contributed by atoms with E-state index in [1.807, 2.05) is 11.8 Å². The van der Waals surface area contributed by atoms with Crippen molar-refractivity contribution in [3.63, 3.8) is 0 Å². The minimum atomic E-state index is -4.36. The van der Waals surface area contributed by atoms with Crippen LogP contribution in [0.2, 0.25) is 0 Å². The fourth-order valence-corrected chi connectivity index (χ4v) is 2.94. The first-order valence-electron chi connectivity index (χ1n) is 8.80. The Hall–Kier alpha value is -2.31. The molecule has 1 aromatic heterocycles. The molecular weight excluding hydrogens is 343 g/mol. The molecule has 1 aliphatic carbocycles. The van der Waals surface area contributed by atoms with Crippen molar-refractivity contribution >= 4 is 5.91 Å². The van der Waals surface area contributed by atoms with Gasteiger partial charge in [-0.05, 0) is 36.5 Å². The molecule has 1 aromatic carbocycles. The van der Waals surface area contributed by atoms with Crippen molar-refractivity contribution in [3.05, 3.63) is 53.6 Å². The van der Waals surface area contributed by atoms with Crippen LogP contribution in [0, 0.1) is 5.92 Å². The van der Waals surface area contributed by atoms with Crippen molar-refractivity contribution in [1.82, 2.24) is 14.5 Å². The van der Waals surface area contributed by atoms with E-state index in [1.54, 1.807) is 23.0 Å². The monoisotopic (exact) mass is 365 g/mol. The lowest BCUT2D eigenvalue weighted by Gasteiger charge is -2.22. The normalized spacial score (nSPS) is 14.5. The highest BCUT2D eigenvalue weighted by atomic mass is 19.4. The van der Waals surface area contributed by atoms with E-state index in [0.29, 0.717) is 30.3 Å². The second-order valence-electron chi connectivity index (χ2n) is 6.74. The summed E-state index contributed by atoms with van der Waals surface area (Å²) in [6.07, 6.45) is 1.72. The highest BCUT2D eigenvalue weighted by Gasteiger charge is 2.30. The summed E-state index contributed by atoms with van der Waals surface area (Å²) in [6, 6.07) is 5.30. The number of halogens is 3. The third kappa shape index (κ3) is 4.65. The molecule has 4 nitrogen and oxygen atoms in total. The number of benzene rings is 1. The Kier molecular flexibility index (Phi) is 5.34. The summed E-state index contributed by atoms with van der Waals surface area (Å²) in [7, 11) is 0. The van der Waals surface area contributed by atoms with Crippen LogP contribution in [0.3, 0.4) is 0 Å². The van der Waals surface area contributed by atoms with E-state index < -0.39 is 11.7 Å². The number of alkyl halides is 3. The van der Waals surface area contributed by atoms with Crippen molar-refractivity contribution in [1.29, 1.82) is 0 Å². The van der Waals surface area contributed by atoms with Gasteiger partial charge in [0.2, 0.25) is 5.91 Å². The lowest BCUT2D eigenvalue weighted by molar-refractivity contribution is -0.137. The summed E-state index contributed by atoms with van der Waals surface area (Å²) in [6.45, 7) is 3.23. The van der Waals surface area contributed by atoms with Gasteiger partial charge < -0.3 is 9.47 Å². The first kappa shape index (κ1) is 18.5. The lowest BCUT2D eigenvalue weighted by atomic mass is 10.1. The van der Waals surface area contributed by atoms with Crippen LogP contribution in [0.5, 0.6) is 0 Å². The van der Waals surface area contributed by atoms with Gasteiger partial charge in [0, 0.05) is 31.9 Å². The molecule has 1 amide bonds. The summed E-state index contributed by atoms with van der Waals surface area (Å²) in [5.74, 6) is 1.33. The Morgan fingerprint density at radius 3 is 2.77 bits per heavy atom. The first-order chi connectivity index (χ1) is 12.4. The molecule has 7 heteroatoms. The topological polar surface area (TPSA) is 38.1 Å². The molecule has 1 saturated carbocycles. The van der Waals surface area contributed by atoms with Gasteiger partial charge in [0.05, 0.1) is 12.1 Å². The van der Waals surface area contributed by atoms with E-state index in [4.69, 9.17) is 0 Å². The van der Waals surface area contributed by atoms with Crippen LogP contribution in [0.15, 0.2) is 36.7 Å². The molecule has 0 saturated heterocycles. The smallest absolute Gasteiger partial charge is 0.335 e. The number of aromatic nitrogens is 2. The molecular formula is C19H22F3N3O. The average molecular weight is 365 g/mol. The number of rotatable bonds is 7. The zero-order valence-corrected chi connectivity index (χ0v) is 14.7. The van der Waals surface area contributed by atoms with E-state index in [2.05, 4.69) is 4.98 Å². The van der Waals surface area contributed by atoms with E-state index in [1.165, 1.54) is 6.07 Å². The Morgan fingerprint density at radius 2 is 2.12 bits per heavy atom. The van der Waals surface area contributed by atoms with Gasteiger partial charge >= 0.3 is 6.18 Å². The van der Waals surface area contributed by atoms with Crippen LogP contribution < -0.4 is 0 Å². The van der Waals surface area contributed by atoms with E-state index in [-0.39, 0.29) is 12.5 Å². The third-order valence-electron chi connectivity index (χ3n) is 4.57. The maximum Gasteiger partial charge on any atom is 0.416 e. The van der Waals surface area contributed by atoms with Gasteiger partial charge in [-0.25, -0.2) is 4.98 Å². The molecule has 1 heterocycles. The number of imidazole rings is 1. The van der Waals surface area contributed by atoms with Gasteiger partial charge in [-0.3, -0.25) is 4.79 Å². The molecule has 0 bridgehead atoms. The predicted octanol–water partition coefficient (Wildman–Crippen LogP) is 4.10. The molecule has 140 valence electrons. The fraction of sp³-hybridized carbons (Fsp3) is 0.474. The van der Waals surface area contributed by atoms with Crippen LogP contribution in [-0.2, 0) is 24.1 Å². The molecule has 0 radical (unpaired) electrons. The lowest BCUT2D eigenvalue weighted by Crippen LogP contribution is -2.33. The second-order valence-corrected chi connectivity index (χ2v) is 6.74. The van der Waals surface area contributed by atoms with Crippen molar-refractivity contribution < 1.29 is 18.0 Å². The SMILES string of the molecule is CCC(=O)N(Cc1nccn1Cc1cccc(C(F)(F)F)c1)CC1CC1. The average Bonchev–Trinajstić information content (AvgIpc) is 3.32. The number of carbonyl (C=O) groups is 1. The second kappa shape index (κ2) is 7.51. The zero-order chi connectivity index (χ0) is 18.7. The number of amides is 1. The Labute approximate surface area is 150 Å². The molecule has 0 N–H and O–H groups in total. The highest BCUT2D eigenvalue weighted by Crippen LogP contribution is 2.31. The number of hydrogen-bond acceptors (Lipinski definition) is 2. The summed E-state index contributed by atoms with van der Waals surface area (Å²) >= 11 is 0. The summed E-state index contributed by atoms with van der Waals surface area (Å²) in [4.78, 5) is 18.3. The molecule has 1 aliphatic rings. The van der Waals surface area contributed by atoms with Crippen LogP contribution in [-0.4, -0.2) is 26.9 Å². The predicted molar refractivity (Wildman–Crippen MR) is 91.2 cm³/mol. The van der Waals surface area contributed by atoms with Crippen molar-refractivity contribution in [2.45, 2.75) is 45.5 Å². The zero-order valence-electron chi connectivity index (χ0n) is 14.7. The quantitative estimate of drug-likeness (QED) is 0.741. The van der Waals surface area contributed by atoms with E-state index in [0.717, 1.165) is 31.5 Å². The summed E-state index contributed by atoms with van der Waals surface area (Å²) in [5, 5.41) is 0. The van der Waals surface area contributed by atoms with E-state index in [9.17, 15) is 18.0 Å². The molecule has 26 heavy (non-hydrogen) atoms. The Morgan fingerprint density at radius 1 is 1.35 bits per heavy atom. The van der Waals surface area contributed by atoms with Gasteiger partial charge in [-0.15, -0.1) is 0 Å². The third-order valence-corrected chi connectivity index (χ3v) is 4.57. The number of nitrogens with zero attached hydrogens (tertiary/aromatic N) is 3. The molecule has 2 aromatic rings. The van der Waals surface area contributed by atoms with Gasteiger partial charge in [0.15, 0.2) is 0 Å². The molecule has 1 fully saturated rings. The number of hydrogen-bond donors (Lipinski definition) is 0. The van der Waals surface area contributed by atoms with Crippen LogP contribution in [0.1, 0.15) is 43.1 Å². The molecule has 3 rings (SSSR count).